The third-order valence-electron chi connectivity index (χ3n) is 5.54. The molecule has 1 rings (SSSR count). The van der Waals surface area contributed by atoms with Crippen molar-refractivity contribution in [2.45, 2.75) is 46.3 Å². The Morgan fingerprint density at radius 1 is 0.838 bits per heavy atom. The van der Waals surface area contributed by atoms with Crippen LogP contribution in [-0.2, 0) is 27.5 Å². The molecule has 3 atom stereocenters. The Labute approximate surface area is 224 Å². The lowest BCUT2D eigenvalue weighted by atomic mass is 10.2. The van der Waals surface area contributed by atoms with Crippen molar-refractivity contribution >= 4 is 28.0 Å². The van der Waals surface area contributed by atoms with Crippen molar-refractivity contribution in [1.82, 2.24) is 20.0 Å². The molecule has 1 N–H and O–H groups in total. The molecule has 0 aromatic heterocycles. The smallest absolute Gasteiger partial charge is 0.407 e. The highest BCUT2D eigenvalue weighted by Crippen LogP contribution is 2.45. The molecule has 1 fully saturated rings. The third kappa shape index (κ3) is 15.8. The van der Waals surface area contributed by atoms with Gasteiger partial charge in [-0.2, -0.15) is 0 Å². The Hall–Kier alpha value is -0.240. The first-order valence-electron chi connectivity index (χ1n) is 13.0. The number of hydrogen-bond donors (Lipinski definition) is 1. The van der Waals surface area contributed by atoms with E-state index in [0.29, 0.717) is 52.2 Å². The molecular formula is C23H51N4O7P3. The third-order valence-corrected chi connectivity index (χ3v) is 10.0. The fraction of sp³-hybridized carbons (Fsp3) is 0.957. The number of nitrogens with one attached hydrogen (secondary N) is 1. The molecule has 0 radical (unpaired) electrons. The first-order valence-corrected chi connectivity index (χ1v) is 20.3. The van der Waals surface area contributed by atoms with E-state index < -0.39 is 33.6 Å². The summed E-state index contributed by atoms with van der Waals surface area (Å²) < 4.78 is 55.6. The van der Waals surface area contributed by atoms with Crippen molar-refractivity contribution in [2.75, 3.05) is 98.0 Å². The van der Waals surface area contributed by atoms with Crippen LogP contribution < -0.4 is 5.32 Å². The quantitative estimate of drug-likeness (QED) is 0.333. The number of rotatable bonds is 12. The van der Waals surface area contributed by atoms with E-state index in [-0.39, 0.29) is 25.2 Å². The molecule has 1 saturated heterocycles. The SMILES string of the molecule is CCOP(C)(=O)CN1CCN(CP(C)(C)=O)CCN(CP(C)(=O)OCC)C(CNC(=O)OC(C)(C)C)C1. The van der Waals surface area contributed by atoms with Gasteiger partial charge in [0.25, 0.3) is 0 Å². The van der Waals surface area contributed by atoms with Gasteiger partial charge < -0.3 is 23.7 Å². The van der Waals surface area contributed by atoms with Crippen molar-refractivity contribution in [1.29, 1.82) is 0 Å². The zero-order valence-corrected chi connectivity index (χ0v) is 27.1. The molecule has 11 nitrogen and oxygen atoms in total. The largest absolute Gasteiger partial charge is 0.444 e. The van der Waals surface area contributed by atoms with Gasteiger partial charge in [-0.15, -0.1) is 0 Å². The van der Waals surface area contributed by atoms with Crippen LogP contribution in [0.1, 0.15) is 34.6 Å². The van der Waals surface area contributed by atoms with Crippen LogP contribution in [0.25, 0.3) is 0 Å². The van der Waals surface area contributed by atoms with E-state index in [1.807, 2.05) is 13.8 Å². The topological polar surface area (TPSA) is 118 Å². The van der Waals surface area contributed by atoms with Crippen molar-refractivity contribution in [3.63, 3.8) is 0 Å². The van der Waals surface area contributed by atoms with Gasteiger partial charge in [-0.25, -0.2) is 4.79 Å². The molecule has 37 heavy (non-hydrogen) atoms. The normalized spacial score (nSPS) is 22.8. The molecule has 14 heteroatoms. The minimum atomic E-state index is -2.95. The maximum absolute atomic E-state index is 13.2. The van der Waals surface area contributed by atoms with E-state index in [4.69, 9.17) is 13.8 Å². The second kappa shape index (κ2) is 14.9. The van der Waals surface area contributed by atoms with Gasteiger partial charge in [0, 0.05) is 58.6 Å². The summed E-state index contributed by atoms with van der Waals surface area (Å²) in [5.41, 5.74) is -0.636. The molecule has 1 heterocycles. The number of carbonyl (C=O) groups excluding carboxylic acids is 1. The van der Waals surface area contributed by atoms with E-state index in [1.54, 1.807) is 47.4 Å². The summed E-state index contributed by atoms with van der Waals surface area (Å²) in [6.45, 7) is 19.7. The molecule has 0 aliphatic carbocycles. The molecule has 0 bridgehead atoms. The van der Waals surface area contributed by atoms with E-state index in [1.165, 1.54) is 0 Å². The number of hydrogen-bond acceptors (Lipinski definition) is 10. The highest BCUT2D eigenvalue weighted by atomic mass is 31.2. The zero-order chi connectivity index (χ0) is 28.5. The first kappa shape index (κ1) is 34.8. The molecular weight excluding hydrogens is 537 g/mol. The van der Waals surface area contributed by atoms with Gasteiger partial charge in [0.1, 0.15) is 5.60 Å². The van der Waals surface area contributed by atoms with Crippen LogP contribution in [0.2, 0.25) is 0 Å². The Balaban J connectivity index is 3.30. The zero-order valence-electron chi connectivity index (χ0n) is 24.4. The first-order chi connectivity index (χ1) is 16.8. The van der Waals surface area contributed by atoms with Crippen molar-refractivity contribution in [2.24, 2.45) is 0 Å². The average molecular weight is 589 g/mol. The Morgan fingerprint density at radius 2 is 1.35 bits per heavy atom. The number of carbonyl (C=O) groups is 1. The summed E-state index contributed by atoms with van der Waals surface area (Å²) in [6.07, 6.45) is 0.378. The van der Waals surface area contributed by atoms with Crippen LogP contribution in [0.15, 0.2) is 0 Å². The predicted molar refractivity (Wildman–Crippen MR) is 152 cm³/mol. The molecule has 0 aromatic carbocycles. The predicted octanol–water partition coefficient (Wildman–Crippen LogP) is 4.18. The Bertz CT molecular complexity index is 862. The molecule has 1 aliphatic rings. The molecule has 0 spiro atoms. The second-order valence-electron chi connectivity index (χ2n) is 11.4. The summed E-state index contributed by atoms with van der Waals surface area (Å²) >= 11 is 0. The van der Waals surface area contributed by atoms with Crippen LogP contribution in [-0.4, -0.2) is 130 Å². The van der Waals surface area contributed by atoms with E-state index in [9.17, 15) is 18.5 Å². The number of alkyl carbamates (subject to hydrolysis) is 1. The monoisotopic (exact) mass is 588 g/mol. The fourth-order valence-corrected chi connectivity index (χ4v) is 8.84. The molecule has 1 amide bonds. The average Bonchev–Trinajstić information content (AvgIpc) is 2.74. The maximum Gasteiger partial charge on any atom is 0.407 e. The highest BCUT2D eigenvalue weighted by molar-refractivity contribution is 7.62. The Kier molecular flexibility index (Phi) is 14.1. The molecule has 3 unspecified atom stereocenters. The summed E-state index contributed by atoms with van der Waals surface area (Å²) in [4.78, 5) is 18.8. The van der Waals surface area contributed by atoms with Gasteiger partial charge in [0.2, 0.25) is 14.7 Å². The Morgan fingerprint density at radius 3 is 1.86 bits per heavy atom. The molecule has 220 valence electrons. The summed E-state index contributed by atoms with van der Waals surface area (Å²) in [6, 6.07) is -0.252. The second-order valence-corrected chi connectivity index (χ2v) is 20.0. The van der Waals surface area contributed by atoms with Crippen LogP contribution in [0.4, 0.5) is 4.79 Å². The van der Waals surface area contributed by atoms with E-state index in [2.05, 4.69) is 20.0 Å². The maximum atomic E-state index is 13.2. The van der Waals surface area contributed by atoms with Gasteiger partial charge in [0.05, 0.1) is 39.2 Å². The van der Waals surface area contributed by atoms with Gasteiger partial charge in [-0.3, -0.25) is 23.8 Å². The van der Waals surface area contributed by atoms with E-state index >= 15 is 0 Å². The minimum Gasteiger partial charge on any atom is -0.444 e. The number of amides is 1. The molecule has 0 saturated carbocycles. The lowest BCUT2D eigenvalue weighted by molar-refractivity contribution is 0.0502. The minimum absolute atomic E-state index is 0.203. The lowest BCUT2D eigenvalue weighted by Gasteiger charge is -2.36. The van der Waals surface area contributed by atoms with Gasteiger partial charge in [-0.1, -0.05) is 0 Å². The summed E-state index contributed by atoms with van der Waals surface area (Å²) in [7, 11) is -8.17. The number of ether oxygens (including phenoxy) is 1. The standard InChI is InChI=1S/C23H51N4O7P3/c1-10-32-36(8,30)19-26-13-12-25(18-35(6,7)29)14-15-27(20-37(9,31)33-11-2)21(17-26)16-24-22(28)34-23(3,4)5/h21H,10-20H2,1-9H3,(H,24,28). The van der Waals surface area contributed by atoms with Gasteiger partial charge in [-0.05, 0) is 47.9 Å². The fourth-order valence-electron chi connectivity index (χ4n) is 4.32. The lowest BCUT2D eigenvalue weighted by Crippen LogP contribution is -2.51. The van der Waals surface area contributed by atoms with Crippen LogP contribution >= 0.6 is 21.9 Å². The van der Waals surface area contributed by atoms with Gasteiger partial charge in [0.15, 0.2) is 0 Å². The molecule has 1 aliphatic heterocycles. The van der Waals surface area contributed by atoms with Crippen molar-refractivity contribution in [3.8, 4) is 0 Å². The highest BCUT2D eigenvalue weighted by Gasteiger charge is 2.32. The van der Waals surface area contributed by atoms with E-state index in [0.717, 1.165) is 0 Å². The number of nitrogens with zero attached hydrogens (tertiary/aromatic N) is 3. The van der Waals surface area contributed by atoms with Crippen LogP contribution in [0, 0.1) is 0 Å². The van der Waals surface area contributed by atoms with Crippen molar-refractivity contribution in [3.05, 3.63) is 0 Å². The van der Waals surface area contributed by atoms with Crippen LogP contribution in [0.3, 0.4) is 0 Å². The molecule has 0 aromatic rings. The van der Waals surface area contributed by atoms with Crippen molar-refractivity contribution < 1.29 is 32.3 Å². The van der Waals surface area contributed by atoms with Crippen LogP contribution in [0.5, 0.6) is 0 Å². The van der Waals surface area contributed by atoms with Gasteiger partial charge >= 0.3 is 6.09 Å². The summed E-state index contributed by atoms with van der Waals surface area (Å²) in [5, 5.41) is 2.86. The summed E-state index contributed by atoms with van der Waals surface area (Å²) in [5.74, 6) is 0.